The van der Waals surface area contributed by atoms with Crippen LogP contribution in [0.3, 0.4) is 0 Å². The van der Waals surface area contributed by atoms with Crippen LogP contribution in [0.4, 0.5) is 0 Å². The molecule has 1 aromatic rings. The summed E-state index contributed by atoms with van der Waals surface area (Å²) in [5, 5.41) is 11.6. The normalized spacial score (nSPS) is 15.4. The van der Waals surface area contributed by atoms with Crippen LogP contribution >= 0.6 is 0 Å². The van der Waals surface area contributed by atoms with E-state index in [0.29, 0.717) is 19.4 Å². The molecule has 0 aliphatic heterocycles. The van der Waals surface area contributed by atoms with Crippen LogP contribution in [0.25, 0.3) is 0 Å². The summed E-state index contributed by atoms with van der Waals surface area (Å²) >= 11 is 0. The molecule has 0 saturated heterocycles. The molecule has 0 heterocycles. The van der Waals surface area contributed by atoms with E-state index in [1.807, 2.05) is 31.2 Å². The molecule has 5 nitrogen and oxygen atoms in total. The smallest absolute Gasteiger partial charge is 0.329 e. The van der Waals surface area contributed by atoms with Crippen LogP contribution in [0, 0.1) is 0 Å². The summed E-state index contributed by atoms with van der Waals surface area (Å²) in [7, 11) is 0. The van der Waals surface area contributed by atoms with E-state index < -0.39 is 11.5 Å². The second-order valence-corrected chi connectivity index (χ2v) is 5.11. The molecule has 0 bridgehead atoms. The molecule has 20 heavy (non-hydrogen) atoms. The topological polar surface area (TPSA) is 75.6 Å². The Morgan fingerprint density at radius 1 is 1.40 bits per heavy atom. The zero-order chi connectivity index (χ0) is 14.6. The standard InChI is InChI=1S/C15H19NO4/c1-2-8-20-12-5-3-4-11(9-12)10-13(17)16-15(6-7-15)14(18)19/h3-5,9H,2,6-8,10H2,1H3,(H,16,17)(H,18,19). The number of hydrogen-bond donors (Lipinski definition) is 2. The van der Waals surface area contributed by atoms with Gasteiger partial charge in [-0.1, -0.05) is 19.1 Å². The van der Waals surface area contributed by atoms with Gasteiger partial charge in [0.1, 0.15) is 11.3 Å². The average molecular weight is 277 g/mol. The summed E-state index contributed by atoms with van der Waals surface area (Å²) in [6.07, 6.45) is 2.10. The van der Waals surface area contributed by atoms with E-state index in [9.17, 15) is 9.59 Å². The van der Waals surface area contributed by atoms with Crippen molar-refractivity contribution in [2.75, 3.05) is 6.61 Å². The van der Waals surface area contributed by atoms with Gasteiger partial charge in [-0.3, -0.25) is 4.79 Å². The van der Waals surface area contributed by atoms with Crippen LogP contribution in [0.1, 0.15) is 31.7 Å². The Kier molecular flexibility index (Phi) is 4.27. The third kappa shape index (κ3) is 3.50. The van der Waals surface area contributed by atoms with Crippen molar-refractivity contribution >= 4 is 11.9 Å². The van der Waals surface area contributed by atoms with Crippen molar-refractivity contribution in [3.05, 3.63) is 29.8 Å². The molecule has 0 radical (unpaired) electrons. The molecule has 0 aromatic heterocycles. The van der Waals surface area contributed by atoms with Crippen molar-refractivity contribution < 1.29 is 19.4 Å². The maximum atomic E-state index is 11.9. The maximum Gasteiger partial charge on any atom is 0.329 e. The minimum absolute atomic E-state index is 0.165. The minimum atomic E-state index is -1.02. The number of amides is 1. The number of carbonyl (C=O) groups excluding carboxylic acids is 1. The highest BCUT2D eigenvalue weighted by molar-refractivity contribution is 5.90. The van der Waals surface area contributed by atoms with E-state index in [1.54, 1.807) is 0 Å². The van der Waals surface area contributed by atoms with Crippen LogP contribution in [-0.2, 0) is 16.0 Å². The summed E-state index contributed by atoms with van der Waals surface area (Å²) in [5.41, 5.74) is -0.203. The first-order chi connectivity index (χ1) is 9.55. The van der Waals surface area contributed by atoms with Gasteiger partial charge >= 0.3 is 5.97 Å². The van der Waals surface area contributed by atoms with Gasteiger partial charge in [0.25, 0.3) is 0 Å². The minimum Gasteiger partial charge on any atom is -0.494 e. The summed E-state index contributed by atoms with van der Waals surface area (Å²) in [5.74, 6) is -0.486. The predicted octanol–water partition coefficient (Wildman–Crippen LogP) is 1.75. The van der Waals surface area contributed by atoms with Crippen LogP contribution in [0.15, 0.2) is 24.3 Å². The number of aliphatic carboxylic acids is 1. The lowest BCUT2D eigenvalue weighted by Crippen LogP contribution is -2.43. The van der Waals surface area contributed by atoms with Crippen molar-refractivity contribution in [1.82, 2.24) is 5.32 Å². The Labute approximate surface area is 117 Å². The van der Waals surface area contributed by atoms with Crippen molar-refractivity contribution in [3.8, 4) is 5.75 Å². The Morgan fingerprint density at radius 2 is 2.15 bits per heavy atom. The number of benzene rings is 1. The molecular formula is C15H19NO4. The SMILES string of the molecule is CCCOc1cccc(CC(=O)NC2(C(=O)O)CC2)c1. The number of hydrogen-bond acceptors (Lipinski definition) is 3. The van der Waals surface area contributed by atoms with Gasteiger partial charge < -0.3 is 15.2 Å². The first kappa shape index (κ1) is 14.4. The van der Waals surface area contributed by atoms with E-state index in [-0.39, 0.29) is 12.3 Å². The molecular weight excluding hydrogens is 258 g/mol. The summed E-state index contributed by atoms with van der Waals surface area (Å²) < 4.78 is 5.50. The molecule has 2 rings (SSSR count). The van der Waals surface area contributed by atoms with E-state index in [0.717, 1.165) is 17.7 Å². The van der Waals surface area contributed by atoms with Gasteiger partial charge in [0.2, 0.25) is 5.91 Å². The average Bonchev–Trinajstić information content (AvgIpc) is 3.17. The fourth-order valence-corrected chi connectivity index (χ4v) is 1.98. The van der Waals surface area contributed by atoms with Gasteiger partial charge in [-0.2, -0.15) is 0 Å². The molecule has 5 heteroatoms. The molecule has 2 N–H and O–H groups in total. The molecule has 1 saturated carbocycles. The highest BCUT2D eigenvalue weighted by Crippen LogP contribution is 2.35. The van der Waals surface area contributed by atoms with Crippen molar-refractivity contribution in [2.45, 2.75) is 38.1 Å². The first-order valence-electron chi connectivity index (χ1n) is 6.82. The van der Waals surface area contributed by atoms with E-state index in [4.69, 9.17) is 9.84 Å². The van der Waals surface area contributed by atoms with Crippen LogP contribution in [-0.4, -0.2) is 29.1 Å². The van der Waals surface area contributed by atoms with Gasteiger partial charge in [0, 0.05) is 0 Å². The fourth-order valence-electron chi connectivity index (χ4n) is 1.98. The van der Waals surface area contributed by atoms with Gasteiger partial charge in [-0.25, -0.2) is 4.79 Å². The number of carboxylic acid groups (broad SMARTS) is 1. The summed E-state index contributed by atoms with van der Waals surface area (Å²) in [6.45, 7) is 2.66. The number of carboxylic acids is 1. The Bertz CT molecular complexity index is 508. The highest BCUT2D eigenvalue weighted by atomic mass is 16.5. The Hall–Kier alpha value is -2.04. The summed E-state index contributed by atoms with van der Waals surface area (Å²) in [6, 6.07) is 7.32. The molecule has 0 atom stereocenters. The molecule has 1 amide bonds. The van der Waals surface area contributed by atoms with E-state index in [2.05, 4.69) is 5.32 Å². The third-order valence-corrected chi connectivity index (χ3v) is 3.27. The van der Waals surface area contributed by atoms with Crippen LogP contribution in [0.2, 0.25) is 0 Å². The van der Waals surface area contributed by atoms with E-state index in [1.165, 1.54) is 0 Å². The fraction of sp³-hybridized carbons (Fsp3) is 0.467. The quantitative estimate of drug-likeness (QED) is 0.796. The Balaban J connectivity index is 1.92. The van der Waals surface area contributed by atoms with Gasteiger partial charge in [0.05, 0.1) is 13.0 Å². The molecule has 1 aliphatic rings. The maximum absolute atomic E-state index is 11.9. The highest BCUT2D eigenvalue weighted by Gasteiger charge is 2.51. The molecule has 108 valence electrons. The Morgan fingerprint density at radius 3 is 2.75 bits per heavy atom. The summed E-state index contributed by atoms with van der Waals surface area (Å²) in [4.78, 5) is 22.9. The predicted molar refractivity (Wildman–Crippen MR) is 73.7 cm³/mol. The lowest BCUT2D eigenvalue weighted by atomic mass is 10.1. The molecule has 1 aromatic carbocycles. The van der Waals surface area contributed by atoms with Crippen LogP contribution < -0.4 is 10.1 Å². The van der Waals surface area contributed by atoms with Crippen molar-refractivity contribution in [3.63, 3.8) is 0 Å². The zero-order valence-corrected chi connectivity index (χ0v) is 11.5. The largest absolute Gasteiger partial charge is 0.494 e. The second kappa shape index (κ2) is 5.94. The van der Waals surface area contributed by atoms with E-state index >= 15 is 0 Å². The molecule has 1 aliphatic carbocycles. The molecule has 0 spiro atoms. The van der Waals surface area contributed by atoms with Crippen molar-refractivity contribution in [2.24, 2.45) is 0 Å². The lowest BCUT2D eigenvalue weighted by Gasteiger charge is -2.12. The number of carbonyl (C=O) groups is 2. The third-order valence-electron chi connectivity index (χ3n) is 3.27. The molecule has 0 unspecified atom stereocenters. The number of rotatable bonds is 7. The van der Waals surface area contributed by atoms with Gasteiger partial charge in [-0.15, -0.1) is 0 Å². The van der Waals surface area contributed by atoms with Crippen molar-refractivity contribution in [1.29, 1.82) is 0 Å². The van der Waals surface area contributed by atoms with Gasteiger partial charge in [0.15, 0.2) is 0 Å². The van der Waals surface area contributed by atoms with Crippen LogP contribution in [0.5, 0.6) is 5.75 Å². The van der Waals surface area contributed by atoms with Gasteiger partial charge in [-0.05, 0) is 37.0 Å². The second-order valence-electron chi connectivity index (χ2n) is 5.11. The number of nitrogens with one attached hydrogen (secondary N) is 1. The molecule has 1 fully saturated rings. The lowest BCUT2D eigenvalue weighted by molar-refractivity contribution is -0.143. The zero-order valence-electron chi connectivity index (χ0n) is 11.5. The first-order valence-corrected chi connectivity index (χ1v) is 6.82. The monoisotopic (exact) mass is 277 g/mol. The number of ether oxygens (including phenoxy) is 1.